The molecule has 1 aliphatic rings. The van der Waals surface area contributed by atoms with Crippen molar-refractivity contribution in [1.29, 1.82) is 0 Å². The number of aryl methyl sites for hydroxylation is 1. The summed E-state index contributed by atoms with van der Waals surface area (Å²) in [6.45, 7) is 3.72. The Morgan fingerprint density at radius 2 is 1.82 bits per heavy atom. The molecule has 8 heteroatoms. The number of carbonyl (C=O) groups excluding carboxylic acids is 2. The van der Waals surface area contributed by atoms with Crippen LogP contribution in [0.4, 0.5) is 0 Å². The minimum atomic E-state index is -0.626. The molecule has 0 unspecified atom stereocenters. The quantitative estimate of drug-likeness (QED) is 0.559. The van der Waals surface area contributed by atoms with Gasteiger partial charge in [0, 0.05) is 18.7 Å². The Bertz CT molecular complexity index is 956. The number of likely N-dealkylation sites (tertiary alicyclic amines) is 1. The number of rotatable bonds is 10. The number of hydrogen-bond donors (Lipinski definition) is 1. The lowest BCUT2D eigenvalue weighted by molar-refractivity contribution is -0.119. The lowest BCUT2D eigenvalue weighted by Crippen LogP contribution is -2.38. The van der Waals surface area contributed by atoms with E-state index < -0.39 is 5.91 Å². The van der Waals surface area contributed by atoms with Crippen molar-refractivity contribution in [3.8, 4) is 17.2 Å². The fourth-order valence-electron chi connectivity index (χ4n) is 4.02. The number of benzene rings is 2. The molecule has 2 N–H and O–H groups in total. The summed E-state index contributed by atoms with van der Waals surface area (Å²) in [7, 11) is 1.45. The third kappa shape index (κ3) is 6.78. The number of ether oxygens (including phenoxy) is 3. The van der Waals surface area contributed by atoms with Crippen LogP contribution in [-0.4, -0.2) is 50.1 Å². The van der Waals surface area contributed by atoms with Gasteiger partial charge in [-0.05, 0) is 68.4 Å². The zero-order valence-electron chi connectivity index (χ0n) is 19.1. The second kappa shape index (κ2) is 11.8. The molecular weight excluding hydrogens is 444 g/mol. The van der Waals surface area contributed by atoms with Gasteiger partial charge in [0.15, 0.2) is 18.1 Å². The number of nitrogens with two attached hydrogens (primary N) is 1. The SMILES string of the molecule is CCOc1ccc(CCC2CCN(C(=O)c3cc(Cl)c(OCC(N)=O)c(OC)c3)CC2)cc1. The summed E-state index contributed by atoms with van der Waals surface area (Å²) in [6, 6.07) is 11.4. The first-order valence-corrected chi connectivity index (χ1v) is 11.6. The molecule has 2 amide bonds. The second-order valence-corrected chi connectivity index (χ2v) is 8.50. The molecule has 2 aromatic rings. The molecule has 7 nitrogen and oxygen atoms in total. The third-order valence-corrected chi connectivity index (χ3v) is 6.09. The molecule has 0 atom stereocenters. The van der Waals surface area contributed by atoms with Crippen LogP contribution < -0.4 is 19.9 Å². The summed E-state index contributed by atoms with van der Waals surface area (Å²) in [5.74, 6) is 1.25. The Hall–Kier alpha value is -2.93. The van der Waals surface area contributed by atoms with E-state index in [9.17, 15) is 9.59 Å². The summed E-state index contributed by atoms with van der Waals surface area (Å²) in [6.07, 6.45) is 4.05. The predicted octanol–water partition coefficient (Wildman–Crippen LogP) is 4.10. The molecule has 0 spiro atoms. The lowest BCUT2D eigenvalue weighted by atomic mass is 9.90. The van der Waals surface area contributed by atoms with E-state index in [0.29, 0.717) is 31.2 Å². The number of carbonyl (C=O) groups is 2. The van der Waals surface area contributed by atoms with E-state index in [2.05, 4.69) is 12.1 Å². The van der Waals surface area contributed by atoms with Crippen LogP contribution in [0.1, 0.15) is 42.1 Å². The zero-order chi connectivity index (χ0) is 23.8. The van der Waals surface area contributed by atoms with Crippen molar-refractivity contribution in [3.63, 3.8) is 0 Å². The average molecular weight is 475 g/mol. The van der Waals surface area contributed by atoms with Crippen LogP contribution in [0.2, 0.25) is 5.02 Å². The number of hydrogen-bond acceptors (Lipinski definition) is 5. The molecule has 1 aliphatic heterocycles. The largest absolute Gasteiger partial charge is 0.494 e. The minimum Gasteiger partial charge on any atom is -0.494 e. The molecule has 0 bridgehead atoms. The smallest absolute Gasteiger partial charge is 0.255 e. The highest BCUT2D eigenvalue weighted by atomic mass is 35.5. The fraction of sp³-hybridized carbons (Fsp3) is 0.440. The van der Waals surface area contributed by atoms with Crippen LogP contribution in [0.5, 0.6) is 17.2 Å². The molecule has 0 aliphatic carbocycles. The minimum absolute atomic E-state index is 0.0957. The van der Waals surface area contributed by atoms with E-state index >= 15 is 0 Å². The highest BCUT2D eigenvalue weighted by molar-refractivity contribution is 6.32. The van der Waals surface area contributed by atoms with Crippen molar-refractivity contribution in [2.45, 2.75) is 32.6 Å². The molecule has 1 fully saturated rings. The number of methoxy groups -OCH3 is 1. The molecular formula is C25H31ClN2O5. The molecule has 3 rings (SSSR count). The van der Waals surface area contributed by atoms with E-state index in [4.69, 9.17) is 31.5 Å². The summed E-state index contributed by atoms with van der Waals surface area (Å²) >= 11 is 6.29. The second-order valence-electron chi connectivity index (χ2n) is 8.10. The molecule has 0 saturated carbocycles. The van der Waals surface area contributed by atoms with Gasteiger partial charge < -0.3 is 24.8 Å². The van der Waals surface area contributed by atoms with Gasteiger partial charge in [0.2, 0.25) is 0 Å². The normalized spacial score (nSPS) is 14.1. The lowest BCUT2D eigenvalue weighted by Gasteiger charge is -2.32. The average Bonchev–Trinajstić information content (AvgIpc) is 2.82. The van der Waals surface area contributed by atoms with E-state index in [1.54, 1.807) is 12.1 Å². The van der Waals surface area contributed by atoms with Gasteiger partial charge in [-0.15, -0.1) is 0 Å². The Balaban J connectivity index is 1.54. The van der Waals surface area contributed by atoms with Gasteiger partial charge in [-0.3, -0.25) is 9.59 Å². The first-order valence-electron chi connectivity index (χ1n) is 11.2. The van der Waals surface area contributed by atoms with Crippen LogP contribution >= 0.6 is 11.6 Å². The fourth-order valence-corrected chi connectivity index (χ4v) is 4.29. The molecule has 33 heavy (non-hydrogen) atoms. The number of amides is 2. The molecule has 1 saturated heterocycles. The molecule has 0 aromatic heterocycles. The molecule has 1 heterocycles. The van der Waals surface area contributed by atoms with E-state index in [-0.39, 0.29) is 29.0 Å². The van der Waals surface area contributed by atoms with Crippen molar-refractivity contribution < 1.29 is 23.8 Å². The first kappa shape index (κ1) is 24.7. The van der Waals surface area contributed by atoms with Gasteiger partial charge in [0.1, 0.15) is 5.75 Å². The molecule has 0 radical (unpaired) electrons. The van der Waals surface area contributed by atoms with Crippen molar-refractivity contribution in [2.24, 2.45) is 11.7 Å². The van der Waals surface area contributed by atoms with Crippen LogP contribution in [0.25, 0.3) is 0 Å². The Morgan fingerprint density at radius 1 is 1.12 bits per heavy atom. The Labute approximate surface area is 199 Å². The number of piperidine rings is 1. The Kier molecular flexibility index (Phi) is 8.83. The van der Waals surface area contributed by atoms with Crippen LogP contribution in [0, 0.1) is 5.92 Å². The number of halogens is 1. The van der Waals surface area contributed by atoms with Crippen LogP contribution in [0.15, 0.2) is 36.4 Å². The van der Waals surface area contributed by atoms with Crippen molar-refractivity contribution in [1.82, 2.24) is 4.90 Å². The summed E-state index contributed by atoms with van der Waals surface area (Å²) in [5, 5.41) is 0.198. The highest BCUT2D eigenvalue weighted by Gasteiger charge is 2.25. The maximum atomic E-state index is 13.1. The van der Waals surface area contributed by atoms with Gasteiger partial charge >= 0.3 is 0 Å². The van der Waals surface area contributed by atoms with Gasteiger partial charge in [-0.1, -0.05) is 23.7 Å². The highest BCUT2D eigenvalue weighted by Crippen LogP contribution is 2.37. The standard InChI is InChI=1S/C25H31ClN2O5/c1-3-32-20-8-6-17(7-9-20)4-5-18-10-12-28(13-11-18)25(30)19-14-21(26)24(22(15-19)31-2)33-16-23(27)29/h6-9,14-15,18H,3-5,10-13,16H2,1-2H3,(H2,27,29). The van der Waals surface area contributed by atoms with Gasteiger partial charge in [-0.25, -0.2) is 0 Å². The summed E-state index contributed by atoms with van der Waals surface area (Å²) in [4.78, 5) is 25.9. The van der Waals surface area contributed by atoms with Gasteiger partial charge in [-0.2, -0.15) is 0 Å². The van der Waals surface area contributed by atoms with Crippen LogP contribution in [-0.2, 0) is 11.2 Å². The number of primary amides is 1. The number of nitrogens with zero attached hydrogens (tertiary/aromatic N) is 1. The van der Waals surface area contributed by atoms with E-state index in [0.717, 1.165) is 31.4 Å². The van der Waals surface area contributed by atoms with Crippen molar-refractivity contribution in [3.05, 3.63) is 52.5 Å². The predicted molar refractivity (Wildman–Crippen MR) is 127 cm³/mol. The monoisotopic (exact) mass is 474 g/mol. The topological polar surface area (TPSA) is 91.1 Å². The van der Waals surface area contributed by atoms with Gasteiger partial charge in [0.25, 0.3) is 11.8 Å². The maximum absolute atomic E-state index is 13.1. The van der Waals surface area contributed by atoms with Gasteiger partial charge in [0.05, 0.1) is 18.7 Å². The van der Waals surface area contributed by atoms with E-state index in [1.165, 1.54) is 12.7 Å². The van der Waals surface area contributed by atoms with E-state index in [1.807, 2.05) is 24.0 Å². The third-order valence-electron chi connectivity index (χ3n) is 5.81. The van der Waals surface area contributed by atoms with Crippen molar-refractivity contribution >= 4 is 23.4 Å². The Morgan fingerprint density at radius 3 is 2.42 bits per heavy atom. The maximum Gasteiger partial charge on any atom is 0.255 e. The zero-order valence-corrected chi connectivity index (χ0v) is 19.9. The first-order chi connectivity index (χ1) is 15.9. The van der Waals surface area contributed by atoms with Crippen LogP contribution in [0.3, 0.4) is 0 Å². The van der Waals surface area contributed by atoms with Crippen molar-refractivity contribution in [2.75, 3.05) is 33.4 Å². The summed E-state index contributed by atoms with van der Waals surface area (Å²) in [5.41, 5.74) is 6.86. The molecule has 178 valence electrons. The summed E-state index contributed by atoms with van der Waals surface area (Å²) < 4.78 is 16.1. The molecule has 2 aromatic carbocycles.